The van der Waals surface area contributed by atoms with E-state index in [4.69, 9.17) is 4.74 Å². The Labute approximate surface area is 133 Å². The first-order valence-corrected chi connectivity index (χ1v) is 7.19. The summed E-state index contributed by atoms with van der Waals surface area (Å²) in [7, 11) is 0. The number of hydrogen-bond donors (Lipinski definition) is 2. The molecule has 0 saturated carbocycles. The van der Waals surface area contributed by atoms with Gasteiger partial charge in [0.05, 0.1) is 6.54 Å². The average Bonchev–Trinajstić information content (AvgIpc) is 2.51. The molecule has 0 bridgehead atoms. The van der Waals surface area contributed by atoms with Gasteiger partial charge in [-0.3, -0.25) is 0 Å². The zero-order valence-electron chi connectivity index (χ0n) is 12.7. The first-order chi connectivity index (χ1) is 11.0. The molecule has 2 aromatic carbocycles. The van der Waals surface area contributed by atoms with Gasteiger partial charge in [-0.1, -0.05) is 29.8 Å². The second kappa shape index (κ2) is 8.12. The van der Waals surface area contributed by atoms with Crippen molar-refractivity contribution >= 4 is 6.03 Å². The Kier molecular flexibility index (Phi) is 5.91. The minimum Gasteiger partial charge on any atom is -0.489 e. The smallest absolute Gasteiger partial charge is 0.315 e. The highest BCUT2D eigenvalue weighted by atomic mass is 19.1. The molecule has 0 atom stereocenters. The van der Waals surface area contributed by atoms with Gasteiger partial charge in [0.1, 0.15) is 12.4 Å². The molecule has 0 radical (unpaired) electrons. The van der Waals surface area contributed by atoms with Crippen molar-refractivity contribution in [2.24, 2.45) is 0 Å². The quantitative estimate of drug-likeness (QED) is 0.803. The Balaban J connectivity index is 1.66. The van der Waals surface area contributed by atoms with Crippen molar-refractivity contribution in [1.29, 1.82) is 0 Å². The van der Waals surface area contributed by atoms with Crippen molar-refractivity contribution in [3.63, 3.8) is 0 Å². The molecule has 2 amide bonds. The lowest BCUT2D eigenvalue weighted by Gasteiger charge is -2.10. The highest BCUT2D eigenvalue weighted by molar-refractivity contribution is 5.73. The molecule has 122 valence electrons. The second-order valence-corrected chi connectivity index (χ2v) is 5.02. The van der Waals surface area contributed by atoms with Crippen LogP contribution in [0.5, 0.6) is 5.75 Å². The Hall–Kier alpha value is -2.63. The van der Waals surface area contributed by atoms with Crippen molar-refractivity contribution in [2.75, 3.05) is 13.2 Å². The summed E-state index contributed by atoms with van der Waals surface area (Å²) in [5.74, 6) is -1.48. The molecule has 23 heavy (non-hydrogen) atoms. The molecular formula is C17H18F2N2O2. The normalized spacial score (nSPS) is 10.2. The molecule has 0 saturated heterocycles. The van der Waals surface area contributed by atoms with Crippen molar-refractivity contribution in [3.05, 3.63) is 65.2 Å². The number of ether oxygens (including phenoxy) is 1. The SMILES string of the molecule is Cc1cccc(CNC(=O)NCCOc2ccc(F)cc2F)c1. The molecule has 0 heterocycles. The summed E-state index contributed by atoms with van der Waals surface area (Å²) in [6.45, 7) is 2.69. The average molecular weight is 320 g/mol. The first-order valence-electron chi connectivity index (χ1n) is 7.19. The molecule has 2 aromatic rings. The van der Waals surface area contributed by atoms with E-state index in [0.717, 1.165) is 23.3 Å². The van der Waals surface area contributed by atoms with Gasteiger partial charge >= 0.3 is 6.03 Å². The van der Waals surface area contributed by atoms with E-state index in [0.29, 0.717) is 6.54 Å². The third-order valence-electron chi connectivity index (χ3n) is 3.07. The van der Waals surface area contributed by atoms with E-state index in [1.165, 1.54) is 6.07 Å². The molecule has 0 spiro atoms. The molecule has 0 aliphatic carbocycles. The predicted octanol–water partition coefficient (Wildman–Crippen LogP) is 3.15. The third-order valence-corrected chi connectivity index (χ3v) is 3.07. The van der Waals surface area contributed by atoms with Gasteiger partial charge in [0.2, 0.25) is 0 Å². The Morgan fingerprint density at radius 1 is 1.13 bits per heavy atom. The minimum absolute atomic E-state index is 0.0478. The third kappa shape index (κ3) is 5.58. The maximum Gasteiger partial charge on any atom is 0.315 e. The molecule has 0 aliphatic heterocycles. The lowest BCUT2D eigenvalue weighted by molar-refractivity contribution is 0.235. The van der Waals surface area contributed by atoms with Crippen LogP contribution in [0, 0.1) is 18.6 Å². The number of urea groups is 1. The minimum atomic E-state index is -0.770. The van der Waals surface area contributed by atoms with Crippen LogP contribution in [0.2, 0.25) is 0 Å². The molecule has 0 fully saturated rings. The van der Waals surface area contributed by atoms with Crippen molar-refractivity contribution in [1.82, 2.24) is 10.6 Å². The van der Waals surface area contributed by atoms with E-state index < -0.39 is 11.6 Å². The van der Waals surface area contributed by atoms with Crippen LogP contribution in [0.15, 0.2) is 42.5 Å². The van der Waals surface area contributed by atoms with Crippen LogP contribution in [0.3, 0.4) is 0 Å². The lowest BCUT2D eigenvalue weighted by Crippen LogP contribution is -2.37. The molecule has 4 nitrogen and oxygen atoms in total. The van der Waals surface area contributed by atoms with E-state index in [-0.39, 0.29) is 24.9 Å². The maximum absolute atomic E-state index is 13.3. The highest BCUT2D eigenvalue weighted by Gasteiger charge is 2.05. The van der Waals surface area contributed by atoms with Gasteiger partial charge < -0.3 is 15.4 Å². The number of benzene rings is 2. The molecule has 2 rings (SSSR count). The fourth-order valence-corrected chi connectivity index (χ4v) is 1.98. The zero-order valence-corrected chi connectivity index (χ0v) is 12.7. The molecule has 0 aliphatic rings. The highest BCUT2D eigenvalue weighted by Crippen LogP contribution is 2.17. The monoisotopic (exact) mass is 320 g/mol. The van der Waals surface area contributed by atoms with Crippen molar-refractivity contribution < 1.29 is 18.3 Å². The van der Waals surface area contributed by atoms with Crippen molar-refractivity contribution in [3.8, 4) is 5.75 Å². The Morgan fingerprint density at radius 2 is 1.96 bits per heavy atom. The Bertz CT molecular complexity index is 677. The number of carbonyl (C=O) groups excluding carboxylic acids is 1. The number of aryl methyl sites for hydroxylation is 1. The van der Waals surface area contributed by atoms with Gasteiger partial charge in [-0.05, 0) is 24.6 Å². The zero-order chi connectivity index (χ0) is 16.7. The summed E-state index contributed by atoms with van der Waals surface area (Å²) < 4.78 is 31.2. The van der Waals surface area contributed by atoms with Crippen LogP contribution in [0.25, 0.3) is 0 Å². The number of carbonyl (C=O) groups is 1. The molecule has 0 aromatic heterocycles. The topological polar surface area (TPSA) is 50.4 Å². The van der Waals surface area contributed by atoms with Crippen LogP contribution in [-0.2, 0) is 6.54 Å². The van der Waals surface area contributed by atoms with Crippen LogP contribution in [0.4, 0.5) is 13.6 Å². The molecule has 6 heteroatoms. The van der Waals surface area contributed by atoms with Crippen LogP contribution < -0.4 is 15.4 Å². The summed E-state index contributed by atoms with van der Waals surface area (Å²) in [6, 6.07) is 10.6. The predicted molar refractivity (Wildman–Crippen MR) is 83.3 cm³/mol. The number of hydrogen-bond acceptors (Lipinski definition) is 2. The van der Waals surface area contributed by atoms with Crippen molar-refractivity contribution in [2.45, 2.75) is 13.5 Å². The van der Waals surface area contributed by atoms with E-state index in [2.05, 4.69) is 10.6 Å². The molecule has 0 unspecified atom stereocenters. The standard InChI is InChI=1S/C17H18F2N2O2/c1-12-3-2-4-13(9-12)11-21-17(22)20-7-8-23-16-6-5-14(18)10-15(16)19/h2-6,9-10H,7-8,11H2,1H3,(H2,20,21,22). The van der Waals surface area contributed by atoms with Gasteiger partial charge in [0.15, 0.2) is 11.6 Å². The summed E-state index contributed by atoms with van der Waals surface area (Å²) in [4.78, 5) is 11.6. The Morgan fingerprint density at radius 3 is 2.70 bits per heavy atom. The first kappa shape index (κ1) is 16.7. The van der Waals surface area contributed by atoms with Crippen LogP contribution in [0.1, 0.15) is 11.1 Å². The van der Waals surface area contributed by atoms with E-state index >= 15 is 0 Å². The maximum atomic E-state index is 13.3. The van der Waals surface area contributed by atoms with Gasteiger partial charge in [-0.15, -0.1) is 0 Å². The molecular weight excluding hydrogens is 302 g/mol. The van der Waals surface area contributed by atoms with E-state index in [1.807, 2.05) is 31.2 Å². The second-order valence-electron chi connectivity index (χ2n) is 5.02. The summed E-state index contributed by atoms with van der Waals surface area (Å²) in [6.07, 6.45) is 0. The summed E-state index contributed by atoms with van der Waals surface area (Å²) in [5.41, 5.74) is 2.13. The fraction of sp³-hybridized carbons (Fsp3) is 0.235. The van der Waals surface area contributed by atoms with Gasteiger partial charge in [0, 0.05) is 12.6 Å². The van der Waals surface area contributed by atoms with Crippen LogP contribution >= 0.6 is 0 Å². The van der Waals surface area contributed by atoms with Gasteiger partial charge in [-0.2, -0.15) is 0 Å². The van der Waals surface area contributed by atoms with Crippen LogP contribution in [-0.4, -0.2) is 19.2 Å². The van der Waals surface area contributed by atoms with E-state index in [9.17, 15) is 13.6 Å². The fourth-order valence-electron chi connectivity index (χ4n) is 1.98. The van der Waals surface area contributed by atoms with Gasteiger partial charge in [-0.25, -0.2) is 13.6 Å². The number of nitrogens with one attached hydrogen (secondary N) is 2. The van der Waals surface area contributed by atoms with Gasteiger partial charge in [0.25, 0.3) is 0 Å². The summed E-state index contributed by atoms with van der Waals surface area (Å²) >= 11 is 0. The van der Waals surface area contributed by atoms with E-state index in [1.54, 1.807) is 0 Å². The number of amides is 2. The summed E-state index contributed by atoms with van der Waals surface area (Å²) in [5, 5.41) is 5.31. The largest absolute Gasteiger partial charge is 0.489 e. The number of halogens is 2. The lowest BCUT2D eigenvalue weighted by atomic mass is 10.1. The number of rotatable bonds is 6. The molecule has 2 N–H and O–H groups in total.